The highest BCUT2D eigenvalue weighted by atomic mass is 32.2. The summed E-state index contributed by atoms with van der Waals surface area (Å²) in [5, 5.41) is 4.91. The SMILES string of the molecule is CCOc1ccc(NC(=O)CCSc2ncnc3sc(C)cc23)cc1. The van der Waals surface area contributed by atoms with Crippen LogP contribution in [0.5, 0.6) is 5.75 Å². The molecule has 0 saturated heterocycles. The van der Waals surface area contributed by atoms with E-state index in [1.165, 1.54) is 4.88 Å². The number of rotatable bonds is 7. The summed E-state index contributed by atoms with van der Waals surface area (Å²) in [5.74, 6) is 1.46. The van der Waals surface area contributed by atoms with Gasteiger partial charge < -0.3 is 10.1 Å². The number of aryl methyl sites for hydroxylation is 1. The molecule has 0 atom stereocenters. The average molecular weight is 374 g/mol. The number of fused-ring (bicyclic) bond motifs is 1. The van der Waals surface area contributed by atoms with E-state index in [0.29, 0.717) is 18.8 Å². The molecule has 0 aliphatic carbocycles. The number of ether oxygens (including phenoxy) is 1. The van der Waals surface area contributed by atoms with E-state index in [0.717, 1.165) is 26.7 Å². The van der Waals surface area contributed by atoms with Crippen molar-refractivity contribution in [2.24, 2.45) is 0 Å². The maximum absolute atomic E-state index is 12.1. The second kappa shape index (κ2) is 8.31. The summed E-state index contributed by atoms with van der Waals surface area (Å²) in [6.07, 6.45) is 2.01. The number of thiophene rings is 1. The Kier molecular flexibility index (Phi) is 5.88. The molecule has 130 valence electrons. The minimum atomic E-state index is -0.0107. The Labute approximate surface area is 154 Å². The Morgan fingerprint density at radius 2 is 2.08 bits per heavy atom. The Morgan fingerprint density at radius 1 is 1.28 bits per heavy atom. The molecule has 0 radical (unpaired) electrons. The maximum atomic E-state index is 12.1. The van der Waals surface area contributed by atoms with E-state index in [4.69, 9.17) is 4.74 Å². The third kappa shape index (κ3) is 4.70. The molecule has 0 spiro atoms. The van der Waals surface area contributed by atoms with Crippen LogP contribution in [0.2, 0.25) is 0 Å². The van der Waals surface area contributed by atoms with Crippen molar-refractivity contribution in [3.05, 3.63) is 41.5 Å². The van der Waals surface area contributed by atoms with Crippen LogP contribution >= 0.6 is 23.1 Å². The van der Waals surface area contributed by atoms with Crippen LogP contribution in [0.15, 0.2) is 41.7 Å². The van der Waals surface area contributed by atoms with E-state index in [1.54, 1.807) is 29.4 Å². The molecule has 7 heteroatoms. The molecular weight excluding hydrogens is 354 g/mol. The Hall–Kier alpha value is -2.12. The molecule has 25 heavy (non-hydrogen) atoms. The fourth-order valence-electron chi connectivity index (χ4n) is 2.33. The first-order valence-corrected chi connectivity index (χ1v) is 9.82. The molecule has 0 saturated carbocycles. The molecule has 0 unspecified atom stereocenters. The number of nitrogens with zero attached hydrogens (tertiary/aromatic N) is 2. The molecule has 1 amide bonds. The smallest absolute Gasteiger partial charge is 0.225 e. The van der Waals surface area contributed by atoms with Gasteiger partial charge in [-0.1, -0.05) is 0 Å². The second-order valence-electron chi connectivity index (χ2n) is 5.36. The van der Waals surface area contributed by atoms with Crippen LogP contribution in [0.3, 0.4) is 0 Å². The number of aromatic nitrogens is 2. The zero-order chi connectivity index (χ0) is 17.6. The topological polar surface area (TPSA) is 64.1 Å². The van der Waals surface area contributed by atoms with Gasteiger partial charge in [-0.2, -0.15) is 0 Å². The van der Waals surface area contributed by atoms with Crippen LogP contribution in [0, 0.1) is 6.92 Å². The van der Waals surface area contributed by atoms with Gasteiger partial charge in [0.15, 0.2) is 0 Å². The zero-order valence-electron chi connectivity index (χ0n) is 14.1. The van der Waals surface area contributed by atoms with Crippen LogP contribution in [-0.2, 0) is 4.79 Å². The lowest BCUT2D eigenvalue weighted by atomic mass is 10.3. The fourth-order valence-corrected chi connectivity index (χ4v) is 4.16. The lowest BCUT2D eigenvalue weighted by Gasteiger charge is -2.07. The molecule has 0 fully saturated rings. The molecule has 2 heterocycles. The van der Waals surface area contributed by atoms with Gasteiger partial charge in [0.1, 0.15) is 21.9 Å². The van der Waals surface area contributed by atoms with Gasteiger partial charge >= 0.3 is 0 Å². The Morgan fingerprint density at radius 3 is 2.84 bits per heavy atom. The monoisotopic (exact) mass is 373 g/mol. The highest BCUT2D eigenvalue weighted by Gasteiger charge is 2.09. The summed E-state index contributed by atoms with van der Waals surface area (Å²) in [4.78, 5) is 22.9. The number of benzene rings is 1. The predicted octanol–water partition coefficient (Wildman–Crippen LogP) is 4.52. The van der Waals surface area contributed by atoms with Crippen molar-refractivity contribution in [1.82, 2.24) is 9.97 Å². The van der Waals surface area contributed by atoms with Gasteiger partial charge in [0.2, 0.25) is 5.91 Å². The number of carbonyl (C=O) groups excluding carboxylic acids is 1. The number of hydrogen-bond acceptors (Lipinski definition) is 6. The molecule has 1 aromatic carbocycles. The molecule has 3 rings (SSSR count). The van der Waals surface area contributed by atoms with Crippen molar-refractivity contribution in [2.45, 2.75) is 25.3 Å². The van der Waals surface area contributed by atoms with Crippen molar-refractivity contribution >= 4 is 44.9 Å². The molecule has 0 aliphatic rings. The molecule has 0 bridgehead atoms. The summed E-state index contributed by atoms with van der Waals surface area (Å²) in [6, 6.07) is 9.49. The van der Waals surface area contributed by atoms with Crippen LogP contribution in [-0.4, -0.2) is 28.2 Å². The molecule has 5 nitrogen and oxygen atoms in total. The lowest BCUT2D eigenvalue weighted by Crippen LogP contribution is -2.12. The van der Waals surface area contributed by atoms with E-state index in [1.807, 2.05) is 31.2 Å². The van der Waals surface area contributed by atoms with E-state index in [-0.39, 0.29) is 5.91 Å². The number of thioether (sulfide) groups is 1. The van der Waals surface area contributed by atoms with Crippen molar-refractivity contribution in [1.29, 1.82) is 0 Å². The highest BCUT2D eigenvalue weighted by Crippen LogP contribution is 2.30. The van der Waals surface area contributed by atoms with Crippen molar-refractivity contribution in [3.63, 3.8) is 0 Å². The van der Waals surface area contributed by atoms with Gasteiger partial charge in [-0.15, -0.1) is 23.1 Å². The van der Waals surface area contributed by atoms with Gasteiger partial charge in [0, 0.05) is 28.1 Å². The van der Waals surface area contributed by atoms with Crippen LogP contribution in [0.1, 0.15) is 18.2 Å². The van der Waals surface area contributed by atoms with Gasteiger partial charge in [0.05, 0.1) is 6.61 Å². The Balaban J connectivity index is 1.52. The summed E-state index contributed by atoms with van der Waals surface area (Å²) in [6.45, 7) is 4.63. The maximum Gasteiger partial charge on any atom is 0.225 e. The number of amides is 1. The normalized spacial score (nSPS) is 10.8. The molecule has 3 aromatic rings. The van der Waals surface area contributed by atoms with E-state index in [2.05, 4.69) is 28.3 Å². The standard InChI is InChI=1S/C18H19N3O2S2/c1-3-23-14-6-4-13(5-7-14)21-16(22)8-9-24-17-15-10-12(2)25-18(15)20-11-19-17/h4-7,10-11H,3,8-9H2,1-2H3,(H,21,22). The third-order valence-electron chi connectivity index (χ3n) is 3.43. The van der Waals surface area contributed by atoms with Crippen molar-refractivity contribution < 1.29 is 9.53 Å². The number of carbonyl (C=O) groups is 1. The third-order valence-corrected chi connectivity index (χ3v) is 5.40. The largest absolute Gasteiger partial charge is 0.494 e. The average Bonchev–Trinajstić information content (AvgIpc) is 2.98. The summed E-state index contributed by atoms with van der Waals surface area (Å²) in [5.41, 5.74) is 0.774. The second-order valence-corrected chi connectivity index (χ2v) is 7.68. The summed E-state index contributed by atoms with van der Waals surface area (Å²) in [7, 11) is 0. The van der Waals surface area contributed by atoms with E-state index in [9.17, 15) is 4.79 Å². The molecular formula is C18H19N3O2S2. The Bertz CT molecular complexity index is 862. The quantitative estimate of drug-likeness (QED) is 0.487. The van der Waals surface area contributed by atoms with Gasteiger partial charge in [-0.25, -0.2) is 9.97 Å². The number of anilines is 1. The number of nitrogens with one attached hydrogen (secondary N) is 1. The zero-order valence-corrected chi connectivity index (χ0v) is 15.7. The minimum absolute atomic E-state index is 0.0107. The van der Waals surface area contributed by atoms with Crippen LogP contribution in [0.4, 0.5) is 5.69 Å². The first kappa shape index (κ1) is 17.7. The molecule has 2 aromatic heterocycles. The molecule has 1 N–H and O–H groups in total. The van der Waals surface area contributed by atoms with Gasteiger partial charge in [-0.05, 0) is 44.2 Å². The van der Waals surface area contributed by atoms with E-state index >= 15 is 0 Å². The first-order chi connectivity index (χ1) is 12.2. The fraction of sp³-hybridized carbons (Fsp3) is 0.278. The highest BCUT2D eigenvalue weighted by molar-refractivity contribution is 7.99. The van der Waals surface area contributed by atoms with E-state index < -0.39 is 0 Å². The summed E-state index contributed by atoms with van der Waals surface area (Å²) < 4.78 is 5.39. The molecule has 0 aliphatic heterocycles. The van der Waals surface area contributed by atoms with Crippen molar-refractivity contribution in [3.8, 4) is 5.75 Å². The predicted molar refractivity (Wildman–Crippen MR) is 104 cm³/mol. The van der Waals surface area contributed by atoms with Crippen LogP contribution in [0.25, 0.3) is 10.2 Å². The first-order valence-electron chi connectivity index (χ1n) is 8.02. The lowest BCUT2D eigenvalue weighted by molar-refractivity contribution is -0.115. The van der Waals surface area contributed by atoms with Gasteiger partial charge in [0.25, 0.3) is 0 Å². The van der Waals surface area contributed by atoms with Crippen molar-refractivity contribution in [2.75, 3.05) is 17.7 Å². The minimum Gasteiger partial charge on any atom is -0.494 e. The van der Waals surface area contributed by atoms with Gasteiger partial charge in [-0.3, -0.25) is 4.79 Å². The summed E-state index contributed by atoms with van der Waals surface area (Å²) >= 11 is 3.24. The van der Waals surface area contributed by atoms with Crippen LogP contribution < -0.4 is 10.1 Å². The number of hydrogen-bond donors (Lipinski definition) is 1.